The van der Waals surface area contributed by atoms with Crippen LogP contribution in [-0.4, -0.2) is 46.1 Å². The predicted molar refractivity (Wildman–Crippen MR) is 82.3 cm³/mol. The molecule has 1 atom stereocenters. The van der Waals surface area contributed by atoms with Gasteiger partial charge < -0.3 is 19.7 Å². The summed E-state index contributed by atoms with van der Waals surface area (Å²) in [4.78, 5) is 2.43. The van der Waals surface area contributed by atoms with Gasteiger partial charge >= 0.3 is 0 Å². The molecule has 0 radical (unpaired) electrons. The Hall–Kier alpha value is -1.10. The molecule has 1 aliphatic heterocycles. The van der Waals surface area contributed by atoms with Crippen molar-refractivity contribution >= 4 is 5.69 Å². The zero-order chi connectivity index (χ0) is 14.2. The zero-order valence-electron chi connectivity index (χ0n) is 12.6. The van der Waals surface area contributed by atoms with E-state index in [-0.39, 0.29) is 0 Å². The molecule has 0 aromatic heterocycles. The lowest BCUT2D eigenvalue weighted by molar-refractivity contribution is 0.107. The van der Waals surface area contributed by atoms with Crippen molar-refractivity contribution in [3.8, 4) is 0 Å². The highest BCUT2D eigenvalue weighted by molar-refractivity contribution is 5.54. The van der Waals surface area contributed by atoms with E-state index in [4.69, 9.17) is 9.47 Å². The van der Waals surface area contributed by atoms with Gasteiger partial charge in [0.25, 0.3) is 0 Å². The quantitative estimate of drug-likeness (QED) is 0.774. The van der Waals surface area contributed by atoms with Crippen LogP contribution in [0.3, 0.4) is 0 Å². The van der Waals surface area contributed by atoms with Crippen LogP contribution in [0.1, 0.15) is 18.9 Å². The van der Waals surface area contributed by atoms with Crippen molar-refractivity contribution < 1.29 is 9.47 Å². The van der Waals surface area contributed by atoms with Crippen molar-refractivity contribution in [1.82, 2.24) is 5.32 Å². The van der Waals surface area contributed by atoms with E-state index < -0.39 is 0 Å². The van der Waals surface area contributed by atoms with Gasteiger partial charge in [-0.1, -0.05) is 18.2 Å². The second-order valence-electron chi connectivity index (χ2n) is 5.32. The fraction of sp³-hybridized carbons (Fsp3) is 0.625. The zero-order valence-corrected chi connectivity index (χ0v) is 12.6. The number of nitrogens with zero attached hydrogens (tertiary/aromatic N) is 1. The minimum Gasteiger partial charge on any atom is -0.385 e. The van der Waals surface area contributed by atoms with Gasteiger partial charge in [0.2, 0.25) is 0 Å². The van der Waals surface area contributed by atoms with E-state index in [9.17, 15) is 0 Å². The Morgan fingerprint density at radius 1 is 1.25 bits per heavy atom. The summed E-state index contributed by atoms with van der Waals surface area (Å²) in [6, 6.07) is 9.13. The number of ether oxygens (including phenoxy) is 2. The molecule has 1 unspecified atom stereocenters. The van der Waals surface area contributed by atoms with Crippen LogP contribution in [0.2, 0.25) is 0 Å². The molecule has 1 aliphatic rings. The van der Waals surface area contributed by atoms with Gasteiger partial charge in [0.1, 0.15) is 0 Å². The van der Waals surface area contributed by atoms with Gasteiger partial charge in [-0.25, -0.2) is 0 Å². The van der Waals surface area contributed by atoms with Crippen LogP contribution in [0.15, 0.2) is 24.3 Å². The van der Waals surface area contributed by atoms with Crippen molar-refractivity contribution in [3.63, 3.8) is 0 Å². The molecule has 1 aromatic carbocycles. The maximum absolute atomic E-state index is 5.69. The topological polar surface area (TPSA) is 33.7 Å². The third-order valence-electron chi connectivity index (χ3n) is 3.61. The maximum atomic E-state index is 5.69. The van der Waals surface area contributed by atoms with Gasteiger partial charge in [0.05, 0.1) is 6.61 Å². The van der Waals surface area contributed by atoms with Crippen LogP contribution in [0.25, 0.3) is 0 Å². The summed E-state index contributed by atoms with van der Waals surface area (Å²) in [5.41, 5.74) is 2.71. The average molecular weight is 278 g/mol. The van der Waals surface area contributed by atoms with Crippen LogP contribution < -0.4 is 10.2 Å². The summed E-state index contributed by atoms with van der Waals surface area (Å²) in [5, 5.41) is 3.55. The number of rotatable bonds is 7. The average Bonchev–Trinajstić information content (AvgIpc) is 2.63. The molecular weight excluding hydrogens is 252 g/mol. The molecule has 112 valence electrons. The molecule has 0 bridgehead atoms. The van der Waals surface area contributed by atoms with E-state index in [0.717, 1.165) is 45.9 Å². The molecule has 0 amide bonds. The van der Waals surface area contributed by atoms with Gasteiger partial charge in [0, 0.05) is 51.7 Å². The molecule has 20 heavy (non-hydrogen) atoms. The number of hydrogen-bond donors (Lipinski definition) is 1. The highest BCUT2D eigenvalue weighted by Gasteiger charge is 2.17. The SMILES string of the molecule is COCCCOCCN1CC(C)NCc2ccccc21. The minimum absolute atomic E-state index is 0.496. The Morgan fingerprint density at radius 2 is 2.10 bits per heavy atom. The maximum Gasteiger partial charge on any atom is 0.0641 e. The van der Waals surface area contributed by atoms with E-state index in [1.54, 1.807) is 7.11 Å². The van der Waals surface area contributed by atoms with Crippen molar-refractivity contribution in [2.24, 2.45) is 0 Å². The Labute approximate surface area is 122 Å². The third kappa shape index (κ3) is 4.47. The molecule has 1 heterocycles. The summed E-state index contributed by atoms with van der Waals surface area (Å²) in [6.07, 6.45) is 0.963. The summed E-state index contributed by atoms with van der Waals surface area (Å²) in [7, 11) is 1.72. The third-order valence-corrected chi connectivity index (χ3v) is 3.61. The molecular formula is C16H26N2O2. The fourth-order valence-electron chi connectivity index (χ4n) is 2.54. The molecule has 0 fully saturated rings. The van der Waals surface area contributed by atoms with Gasteiger partial charge in [-0.2, -0.15) is 0 Å². The number of para-hydroxylation sites is 1. The van der Waals surface area contributed by atoms with Crippen molar-refractivity contribution in [1.29, 1.82) is 0 Å². The number of nitrogens with one attached hydrogen (secondary N) is 1. The summed E-state index contributed by atoms with van der Waals surface area (Å²) in [6.45, 7) is 7.46. The first-order chi connectivity index (χ1) is 9.81. The second kappa shape index (κ2) is 8.25. The molecule has 0 saturated heterocycles. The highest BCUT2D eigenvalue weighted by Crippen LogP contribution is 2.22. The number of fused-ring (bicyclic) bond motifs is 1. The lowest BCUT2D eigenvalue weighted by Crippen LogP contribution is -2.37. The Kier molecular flexibility index (Phi) is 6.30. The number of anilines is 1. The fourth-order valence-corrected chi connectivity index (χ4v) is 2.54. The smallest absolute Gasteiger partial charge is 0.0641 e. The normalized spacial score (nSPS) is 18.7. The summed E-state index contributed by atoms with van der Waals surface area (Å²) in [5.74, 6) is 0. The number of benzene rings is 1. The monoisotopic (exact) mass is 278 g/mol. The molecule has 0 aliphatic carbocycles. The minimum atomic E-state index is 0.496. The van der Waals surface area contributed by atoms with E-state index in [1.165, 1.54) is 11.3 Å². The highest BCUT2D eigenvalue weighted by atomic mass is 16.5. The van der Waals surface area contributed by atoms with Crippen molar-refractivity contribution in [2.45, 2.75) is 25.9 Å². The van der Waals surface area contributed by atoms with E-state index in [2.05, 4.69) is 41.4 Å². The molecule has 2 rings (SSSR count). The van der Waals surface area contributed by atoms with Gasteiger partial charge in [0.15, 0.2) is 0 Å². The first-order valence-corrected chi connectivity index (χ1v) is 7.44. The van der Waals surface area contributed by atoms with E-state index in [0.29, 0.717) is 6.04 Å². The Balaban J connectivity index is 1.85. The van der Waals surface area contributed by atoms with E-state index in [1.807, 2.05) is 0 Å². The summed E-state index contributed by atoms with van der Waals surface area (Å²) >= 11 is 0. The lowest BCUT2D eigenvalue weighted by atomic mass is 10.1. The van der Waals surface area contributed by atoms with Crippen LogP contribution in [0.4, 0.5) is 5.69 Å². The van der Waals surface area contributed by atoms with Gasteiger partial charge in [-0.3, -0.25) is 0 Å². The number of hydrogen-bond acceptors (Lipinski definition) is 4. The molecule has 1 N–H and O–H groups in total. The Morgan fingerprint density at radius 3 is 2.95 bits per heavy atom. The van der Waals surface area contributed by atoms with Gasteiger partial charge in [-0.05, 0) is 25.0 Å². The van der Waals surface area contributed by atoms with Crippen LogP contribution in [0.5, 0.6) is 0 Å². The molecule has 0 saturated carbocycles. The second-order valence-corrected chi connectivity index (χ2v) is 5.32. The predicted octanol–water partition coefficient (Wildman–Crippen LogP) is 2.04. The lowest BCUT2D eigenvalue weighted by Gasteiger charge is -2.26. The molecule has 1 aromatic rings. The first-order valence-electron chi connectivity index (χ1n) is 7.44. The van der Waals surface area contributed by atoms with Crippen molar-refractivity contribution in [3.05, 3.63) is 29.8 Å². The van der Waals surface area contributed by atoms with Crippen molar-refractivity contribution in [2.75, 3.05) is 44.9 Å². The van der Waals surface area contributed by atoms with E-state index >= 15 is 0 Å². The molecule has 4 heteroatoms. The van der Waals surface area contributed by atoms with Crippen LogP contribution in [-0.2, 0) is 16.0 Å². The van der Waals surface area contributed by atoms with Crippen LogP contribution >= 0.6 is 0 Å². The Bertz CT molecular complexity index is 398. The van der Waals surface area contributed by atoms with Gasteiger partial charge in [-0.15, -0.1) is 0 Å². The first kappa shape index (κ1) is 15.3. The largest absolute Gasteiger partial charge is 0.385 e. The summed E-state index contributed by atoms with van der Waals surface area (Å²) < 4.78 is 10.7. The standard InChI is InChI=1S/C16H26N2O2/c1-14-13-18(8-11-20-10-5-9-19-2)16-7-4-3-6-15(16)12-17-14/h3-4,6-7,14,17H,5,8-13H2,1-2H3. The molecule has 4 nitrogen and oxygen atoms in total. The number of methoxy groups -OCH3 is 1. The van der Waals surface area contributed by atoms with Crippen LogP contribution in [0, 0.1) is 0 Å². The molecule has 0 spiro atoms.